The minimum absolute atomic E-state index is 0.0293. The van der Waals surface area contributed by atoms with Crippen LogP contribution in [-0.4, -0.2) is 25.5 Å². The van der Waals surface area contributed by atoms with Crippen LogP contribution in [0.1, 0.15) is 11.7 Å². The molecule has 0 aliphatic carbocycles. The molecule has 3 nitrogen and oxygen atoms in total. The average molecular weight is 344 g/mol. The van der Waals surface area contributed by atoms with Crippen molar-refractivity contribution < 1.29 is 22.3 Å². The summed E-state index contributed by atoms with van der Waals surface area (Å²) >= 11 is 1.25. The van der Waals surface area contributed by atoms with Crippen LogP contribution in [0.2, 0.25) is 0 Å². The second-order valence-corrected chi connectivity index (χ2v) is 7.85. The van der Waals surface area contributed by atoms with Gasteiger partial charge in [-0.1, -0.05) is 6.07 Å². The third-order valence-corrected chi connectivity index (χ3v) is 5.20. The first kappa shape index (κ1) is 16.9. The highest BCUT2D eigenvalue weighted by molar-refractivity contribution is 7.99. The van der Waals surface area contributed by atoms with Crippen LogP contribution >= 0.6 is 11.8 Å². The van der Waals surface area contributed by atoms with E-state index < -0.39 is 27.6 Å². The highest BCUT2D eigenvalue weighted by atomic mass is 32.2. The molecule has 0 radical (unpaired) electrons. The number of hydrogen-bond acceptors (Lipinski definition) is 4. The van der Waals surface area contributed by atoms with E-state index in [-0.39, 0.29) is 16.2 Å². The van der Waals surface area contributed by atoms with Crippen LogP contribution in [0.4, 0.5) is 8.78 Å². The first-order valence-corrected chi connectivity index (χ1v) is 9.21. The number of aliphatic hydroxyl groups is 1. The van der Waals surface area contributed by atoms with Gasteiger partial charge in [-0.15, -0.1) is 11.8 Å². The van der Waals surface area contributed by atoms with Gasteiger partial charge in [-0.2, -0.15) is 0 Å². The van der Waals surface area contributed by atoms with Crippen LogP contribution in [-0.2, 0) is 9.84 Å². The summed E-state index contributed by atoms with van der Waals surface area (Å²) in [7, 11) is -3.25. The summed E-state index contributed by atoms with van der Waals surface area (Å²) < 4.78 is 49.0. The maximum atomic E-state index is 13.5. The van der Waals surface area contributed by atoms with Crippen LogP contribution in [0.25, 0.3) is 0 Å². The normalized spacial score (nSPS) is 13.1. The lowest BCUT2D eigenvalue weighted by atomic mass is 10.1. The quantitative estimate of drug-likeness (QED) is 0.847. The molecular weight excluding hydrogens is 330 g/mol. The summed E-state index contributed by atoms with van der Waals surface area (Å²) in [6, 6.07) is 9.22. The van der Waals surface area contributed by atoms with Crippen molar-refractivity contribution in [2.24, 2.45) is 0 Å². The van der Waals surface area contributed by atoms with Crippen molar-refractivity contribution in [2.45, 2.75) is 15.9 Å². The number of thioether (sulfide) groups is 1. The smallest absolute Gasteiger partial charge is 0.175 e. The van der Waals surface area contributed by atoms with Crippen molar-refractivity contribution in [3.63, 3.8) is 0 Å². The Morgan fingerprint density at radius 1 is 1.14 bits per heavy atom. The van der Waals surface area contributed by atoms with Gasteiger partial charge >= 0.3 is 0 Å². The Hall–Kier alpha value is -1.44. The fourth-order valence-electron chi connectivity index (χ4n) is 1.82. The SMILES string of the molecule is CS(=O)(=O)c1ccc(SCC(O)c2ccc(F)cc2F)cc1. The third kappa shape index (κ3) is 4.28. The molecule has 7 heteroatoms. The van der Waals surface area contributed by atoms with Crippen molar-refractivity contribution in [2.75, 3.05) is 12.0 Å². The first-order valence-electron chi connectivity index (χ1n) is 6.33. The lowest BCUT2D eigenvalue weighted by Gasteiger charge is -2.12. The first-order chi connectivity index (χ1) is 10.3. The minimum Gasteiger partial charge on any atom is -0.387 e. The van der Waals surface area contributed by atoms with Gasteiger partial charge in [-0.25, -0.2) is 17.2 Å². The van der Waals surface area contributed by atoms with Crippen LogP contribution in [0.15, 0.2) is 52.3 Å². The summed E-state index contributed by atoms with van der Waals surface area (Å²) in [5, 5.41) is 9.96. The second-order valence-electron chi connectivity index (χ2n) is 4.74. The minimum atomic E-state index is -3.25. The van der Waals surface area contributed by atoms with E-state index in [1.807, 2.05) is 0 Å². The molecule has 0 aromatic heterocycles. The third-order valence-electron chi connectivity index (χ3n) is 2.98. The van der Waals surface area contributed by atoms with Gasteiger partial charge in [-0.3, -0.25) is 0 Å². The van der Waals surface area contributed by atoms with Crippen molar-refractivity contribution >= 4 is 21.6 Å². The molecule has 0 amide bonds. The molecule has 1 unspecified atom stereocenters. The molecular formula is C15H14F2O3S2. The van der Waals surface area contributed by atoms with E-state index in [0.29, 0.717) is 0 Å². The van der Waals surface area contributed by atoms with Crippen LogP contribution in [0, 0.1) is 11.6 Å². The van der Waals surface area contributed by atoms with Gasteiger partial charge in [0.2, 0.25) is 0 Å². The number of aliphatic hydroxyl groups excluding tert-OH is 1. The summed E-state index contributed by atoms with van der Waals surface area (Å²) in [5.74, 6) is -1.32. The van der Waals surface area contributed by atoms with E-state index in [1.54, 1.807) is 12.1 Å². The largest absolute Gasteiger partial charge is 0.387 e. The number of benzene rings is 2. The van der Waals surface area contributed by atoms with Gasteiger partial charge in [0.05, 0.1) is 11.0 Å². The average Bonchev–Trinajstić information content (AvgIpc) is 2.44. The Morgan fingerprint density at radius 2 is 1.77 bits per heavy atom. The zero-order valence-electron chi connectivity index (χ0n) is 11.7. The number of sulfone groups is 1. The summed E-state index contributed by atoms with van der Waals surface area (Å²) in [4.78, 5) is 0.955. The van der Waals surface area contributed by atoms with Gasteiger partial charge in [0.1, 0.15) is 11.6 Å². The lowest BCUT2D eigenvalue weighted by molar-refractivity contribution is 0.198. The fourth-order valence-corrected chi connectivity index (χ4v) is 3.31. The van der Waals surface area contributed by atoms with Crippen molar-refractivity contribution in [1.29, 1.82) is 0 Å². The second kappa shape index (κ2) is 6.76. The Kier molecular flexibility index (Phi) is 5.20. The molecule has 2 rings (SSSR count). The zero-order valence-corrected chi connectivity index (χ0v) is 13.3. The highest BCUT2D eigenvalue weighted by Crippen LogP contribution is 2.27. The van der Waals surface area contributed by atoms with Gasteiger partial charge in [-0.05, 0) is 30.3 Å². The summed E-state index contributed by atoms with van der Waals surface area (Å²) in [6.45, 7) is 0. The molecule has 0 spiro atoms. The standard InChI is InChI=1S/C15H14F2O3S2/c1-22(19,20)12-5-3-11(4-6-12)21-9-15(18)13-7-2-10(16)8-14(13)17/h2-8,15,18H,9H2,1H3. The van der Waals surface area contributed by atoms with E-state index in [0.717, 1.165) is 23.3 Å². The maximum Gasteiger partial charge on any atom is 0.175 e. The molecule has 0 saturated carbocycles. The molecule has 2 aromatic rings. The predicted molar refractivity (Wildman–Crippen MR) is 81.6 cm³/mol. The summed E-state index contributed by atoms with van der Waals surface area (Å²) in [6.07, 6.45) is 0.0381. The zero-order chi connectivity index (χ0) is 16.3. The van der Waals surface area contributed by atoms with E-state index in [4.69, 9.17) is 0 Å². The van der Waals surface area contributed by atoms with Crippen LogP contribution in [0.5, 0.6) is 0 Å². The van der Waals surface area contributed by atoms with Crippen LogP contribution in [0.3, 0.4) is 0 Å². The molecule has 1 atom stereocenters. The molecule has 0 saturated heterocycles. The monoisotopic (exact) mass is 344 g/mol. The molecule has 1 N–H and O–H groups in total. The van der Waals surface area contributed by atoms with Gasteiger partial charge in [0.25, 0.3) is 0 Å². The summed E-state index contributed by atoms with van der Waals surface area (Å²) in [5.41, 5.74) is 0.0293. The molecule has 118 valence electrons. The molecule has 0 bridgehead atoms. The van der Waals surface area contributed by atoms with E-state index in [9.17, 15) is 22.3 Å². The maximum absolute atomic E-state index is 13.5. The molecule has 2 aromatic carbocycles. The van der Waals surface area contributed by atoms with Crippen molar-refractivity contribution in [3.05, 3.63) is 59.7 Å². The number of rotatable bonds is 5. The Balaban J connectivity index is 2.03. The molecule has 0 fully saturated rings. The van der Waals surface area contributed by atoms with Gasteiger partial charge < -0.3 is 5.11 Å². The van der Waals surface area contributed by atoms with Crippen molar-refractivity contribution in [1.82, 2.24) is 0 Å². The van der Waals surface area contributed by atoms with Crippen molar-refractivity contribution in [3.8, 4) is 0 Å². The van der Waals surface area contributed by atoms with Gasteiger partial charge in [0.15, 0.2) is 9.84 Å². The fraction of sp³-hybridized carbons (Fsp3) is 0.200. The molecule has 0 heterocycles. The van der Waals surface area contributed by atoms with E-state index in [1.165, 1.54) is 30.0 Å². The molecule has 22 heavy (non-hydrogen) atoms. The molecule has 0 aliphatic heterocycles. The van der Waals surface area contributed by atoms with E-state index in [2.05, 4.69) is 0 Å². The Labute approximate surface area is 131 Å². The molecule has 0 aliphatic rings. The van der Waals surface area contributed by atoms with E-state index >= 15 is 0 Å². The Morgan fingerprint density at radius 3 is 2.32 bits per heavy atom. The van der Waals surface area contributed by atoms with Crippen LogP contribution < -0.4 is 0 Å². The Bertz CT molecular complexity index is 759. The van der Waals surface area contributed by atoms with Gasteiger partial charge in [0, 0.05) is 28.5 Å². The number of halogens is 2. The lowest BCUT2D eigenvalue weighted by Crippen LogP contribution is -2.04. The predicted octanol–water partition coefficient (Wildman–Crippen LogP) is 3.19. The number of hydrogen-bond donors (Lipinski definition) is 1. The topological polar surface area (TPSA) is 54.4 Å². The highest BCUT2D eigenvalue weighted by Gasteiger charge is 2.14.